The van der Waals surface area contributed by atoms with E-state index in [-0.39, 0.29) is 5.91 Å². The normalized spacial score (nSPS) is 10.3. The molecule has 2 aromatic carbocycles. The molecule has 0 unspecified atom stereocenters. The molecule has 0 aliphatic heterocycles. The van der Waals surface area contributed by atoms with Crippen LogP contribution in [-0.2, 0) is 7.05 Å². The molecule has 3 aromatic rings. The zero-order valence-corrected chi connectivity index (χ0v) is 11.5. The Labute approximate surface area is 122 Å². The van der Waals surface area contributed by atoms with E-state index in [4.69, 9.17) is 5.26 Å². The van der Waals surface area contributed by atoms with Crippen LogP contribution >= 0.6 is 0 Å². The Hall–Kier alpha value is -3.06. The van der Waals surface area contributed by atoms with Gasteiger partial charge in [-0.05, 0) is 47.9 Å². The maximum atomic E-state index is 12.2. The van der Waals surface area contributed by atoms with Crippen molar-refractivity contribution in [3.8, 4) is 6.07 Å². The van der Waals surface area contributed by atoms with E-state index >= 15 is 0 Å². The van der Waals surface area contributed by atoms with Crippen LogP contribution in [0.5, 0.6) is 0 Å². The number of nitrogens with one attached hydrogen (secondary N) is 1. The number of carbonyl (C=O) groups excluding carboxylic acids is 1. The predicted octanol–water partition coefficient (Wildman–Crippen LogP) is 3.30. The molecule has 1 aromatic heterocycles. The molecule has 0 aliphatic carbocycles. The predicted molar refractivity (Wildman–Crippen MR) is 82.0 cm³/mol. The monoisotopic (exact) mass is 275 g/mol. The van der Waals surface area contributed by atoms with Gasteiger partial charge in [-0.2, -0.15) is 5.26 Å². The summed E-state index contributed by atoms with van der Waals surface area (Å²) in [6.07, 6.45) is 1.98. The van der Waals surface area contributed by atoms with Gasteiger partial charge in [-0.25, -0.2) is 0 Å². The molecule has 0 spiro atoms. The first-order valence-electron chi connectivity index (χ1n) is 6.54. The van der Waals surface area contributed by atoms with Gasteiger partial charge in [0.25, 0.3) is 5.91 Å². The van der Waals surface area contributed by atoms with Crippen molar-refractivity contribution in [2.24, 2.45) is 7.05 Å². The minimum Gasteiger partial charge on any atom is -0.350 e. The number of rotatable bonds is 2. The summed E-state index contributed by atoms with van der Waals surface area (Å²) in [4.78, 5) is 12.2. The van der Waals surface area contributed by atoms with E-state index in [0.29, 0.717) is 11.1 Å². The summed E-state index contributed by atoms with van der Waals surface area (Å²) in [5.41, 5.74) is 2.88. The summed E-state index contributed by atoms with van der Waals surface area (Å²) in [7, 11) is 1.97. The van der Waals surface area contributed by atoms with Crippen LogP contribution in [0.3, 0.4) is 0 Å². The second-order valence-electron chi connectivity index (χ2n) is 4.84. The second-order valence-corrected chi connectivity index (χ2v) is 4.84. The van der Waals surface area contributed by atoms with Gasteiger partial charge < -0.3 is 9.88 Å². The van der Waals surface area contributed by atoms with Crippen LogP contribution < -0.4 is 5.32 Å². The molecule has 1 amide bonds. The van der Waals surface area contributed by atoms with Gasteiger partial charge in [-0.15, -0.1) is 0 Å². The van der Waals surface area contributed by atoms with Crippen LogP contribution in [0.1, 0.15) is 15.9 Å². The third-order valence-corrected chi connectivity index (χ3v) is 3.42. The number of fused-ring (bicyclic) bond motifs is 1. The van der Waals surface area contributed by atoms with Crippen LogP contribution in [0.25, 0.3) is 10.9 Å². The topological polar surface area (TPSA) is 57.8 Å². The van der Waals surface area contributed by atoms with Crippen molar-refractivity contribution in [3.05, 3.63) is 65.9 Å². The van der Waals surface area contributed by atoms with E-state index in [9.17, 15) is 4.79 Å². The van der Waals surface area contributed by atoms with Gasteiger partial charge in [-0.1, -0.05) is 6.07 Å². The molecule has 3 rings (SSSR count). The molecule has 1 heterocycles. The lowest BCUT2D eigenvalue weighted by Crippen LogP contribution is -2.11. The number of hydrogen-bond acceptors (Lipinski definition) is 2. The SMILES string of the molecule is Cn1ccc2ccc(NC(=O)c3ccc(C#N)cc3)cc21. The third kappa shape index (κ3) is 2.49. The Balaban J connectivity index is 1.85. The first kappa shape index (κ1) is 12.9. The van der Waals surface area contributed by atoms with E-state index in [1.54, 1.807) is 24.3 Å². The van der Waals surface area contributed by atoms with Crippen LogP contribution in [-0.4, -0.2) is 10.5 Å². The summed E-state index contributed by atoms with van der Waals surface area (Å²) in [5.74, 6) is -0.187. The van der Waals surface area contributed by atoms with Gasteiger partial charge in [-0.3, -0.25) is 4.79 Å². The zero-order chi connectivity index (χ0) is 14.8. The number of benzene rings is 2. The third-order valence-electron chi connectivity index (χ3n) is 3.42. The minimum absolute atomic E-state index is 0.187. The summed E-state index contributed by atoms with van der Waals surface area (Å²) in [6, 6.07) is 16.4. The highest BCUT2D eigenvalue weighted by atomic mass is 16.1. The molecule has 1 N–H and O–H groups in total. The Morgan fingerprint density at radius 1 is 1.14 bits per heavy atom. The fraction of sp³-hybridized carbons (Fsp3) is 0.0588. The highest BCUT2D eigenvalue weighted by molar-refractivity contribution is 6.05. The van der Waals surface area contributed by atoms with Crippen LogP contribution in [0.15, 0.2) is 54.7 Å². The van der Waals surface area contributed by atoms with E-state index in [1.807, 2.05) is 48.1 Å². The van der Waals surface area contributed by atoms with E-state index in [0.717, 1.165) is 16.6 Å². The molecular weight excluding hydrogens is 262 g/mol. The molecule has 102 valence electrons. The van der Waals surface area contributed by atoms with Crippen molar-refractivity contribution < 1.29 is 4.79 Å². The number of aromatic nitrogens is 1. The number of nitrogens with zero attached hydrogens (tertiary/aromatic N) is 2. The summed E-state index contributed by atoms with van der Waals surface area (Å²) in [6.45, 7) is 0. The van der Waals surface area contributed by atoms with Gasteiger partial charge in [0.1, 0.15) is 0 Å². The Morgan fingerprint density at radius 3 is 2.62 bits per heavy atom. The summed E-state index contributed by atoms with van der Waals surface area (Å²) < 4.78 is 2.01. The quantitative estimate of drug-likeness (QED) is 0.780. The molecule has 0 saturated carbocycles. The number of amides is 1. The highest BCUT2D eigenvalue weighted by Gasteiger charge is 2.07. The standard InChI is InChI=1S/C17H13N3O/c1-20-9-8-13-6-7-15(10-16(13)20)19-17(21)14-4-2-12(11-18)3-5-14/h2-10H,1H3,(H,19,21). The maximum absolute atomic E-state index is 12.2. The summed E-state index contributed by atoms with van der Waals surface area (Å²) in [5, 5.41) is 12.8. The highest BCUT2D eigenvalue weighted by Crippen LogP contribution is 2.20. The number of hydrogen-bond donors (Lipinski definition) is 1. The van der Waals surface area contributed by atoms with Crippen LogP contribution in [0.4, 0.5) is 5.69 Å². The van der Waals surface area contributed by atoms with Crippen LogP contribution in [0, 0.1) is 11.3 Å². The molecular formula is C17H13N3O. The molecule has 0 saturated heterocycles. The number of anilines is 1. The number of carbonyl (C=O) groups is 1. The number of aryl methyl sites for hydroxylation is 1. The molecule has 21 heavy (non-hydrogen) atoms. The molecule has 4 heteroatoms. The van der Waals surface area contributed by atoms with Crippen molar-refractivity contribution in [3.63, 3.8) is 0 Å². The van der Waals surface area contributed by atoms with E-state index in [1.165, 1.54) is 0 Å². The molecule has 0 aliphatic rings. The average Bonchev–Trinajstić information content (AvgIpc) is 2.88. The lowest BCUT2D eigenvalue weighted by Gasteiger charge is -2.06. The van der Waals surface area contributed by atoms with Gasteiger partial charge in [0, 0.05) is 30.0 Å². The fourth-order valence-electron chi connectivity index (χ4n) is 2.24. The summed E-state index contributed by atoms with van der Waals surface area (Å²) >= 11 is 0. The molecule has 0 fully saturated rings. The van der Waals surface area contributed by atoms with E-state index < -0.39 is 0 Å². The first-order valence-corrected chi connectivity index (χ1v) is 6.54. The van der Waals surface area contributed by atoms with Gasteiger partial charge in [0.2, 0.25) is 0 Å². The van der Waals surface area contributed by atoms with Gasteiger partial charge in [0.15, 0.2) is 0 Å². The molecule has 4 nitrogen and oxygen atoms in total. The van der Waals surface area contributed by atoms with Crippen molar-refractivity contribution >= 4 is 22.5 Å². The average molecular weight is 275 g/mol. The van der Waals surface area contributed by atoms with Gasteiger partial charge >= 0.3 is 0 Å². The largest absolute Gasteiger partial charge is 0.350 e. The smallest absolute Gasteiger partial charge is 0.255 e. The Morgan fingerprint density at radius 2 is 1.90 bits per heavy atom. The first-order chi connectivity index (χ1) is 10.2. The lowest BCUT2D eigenvalue weighted by atomic mass is 10.1. The van der Waals surface area contributed by atoms with Crippen molar-refractivity contribution in [1.82, 2.24) is 4.57 Å². The maximum Gasteiger partial charge on any atom is 0.255 e. The second kappa shape index (κ2) is 5.14. The van der Waals surface area contributed by atoms with Crippen molar-refractivity contribution in [2.75, 3.05) is 5.32 Å². The number of nitriles is 1. The van der Waals surface area contributed by atoms with Gasteiger partial charge in [0.05, 0.1) is 11.6 Å². The molecule has 0 atom stereocenters. The van der Waals surface area contributed by atoms with E-state index in [2.05, 4.69) is 5.32 Å². The Bertz CT molecular complexity index is 854. The van der Waals surface area contributed by atoms with Crippen LogP contribution in [0.2, 0.25) is 0 Å². The fourth-order valence-corrected chi connectivity index (χ4v) is 2.24. The Kier molecular flexibility index (Phi) is 3.17. The minimum atomic E-state index is -0.187. The molecule has 0 radical (unpaired) electrons. The molecule has 0 bridgehead atoms. The van der Waals surface area contributed by atoms with Crippen molar-refractivity contribution in [1.29, 1.82) is 5.26 Å². The van der Waals surface area contributed by atoms with Crippen molar-refractivity contribution in [2.45, 2.75) is 0 Å². The zero-order valence-electron chi connectivity index (χ0n) is 11.5. The lowest BCUT2D eigenvalue weighted by molar-refractivity contribution is 0.102.